The van der Waals surface area contributed by atoms with Gasteiger partial charge < -0.3 is 15.6 Å². The standard InChI is InChI=1S/C27H20F2N6O3/c28-22-6-4-17(8-23(22)29)13-35-15-31-12-21(27(35)38)25(36)32-7-1-2-16-3-5-19-20(10-18-11-30-14-33-18)26(37)34-24(19)9-16/h1-6,8-12,14-15H,7,13H2,(H,30,33)(H,32,36)(H,34,37)/b2-1+,20-10+. The zero-order valence-corrected chi connectivity index (χ0v) is 19.7. The molecule has 0 unspecified atom stereocenters. The van der Waals surface area contributed by atoms with Gasteiger partial charge in [0.25, 0.3) is 17.4 Å². The predicted octanol–water partition coefficient (Wildman–Crippen LogP) is 3.23. The summed E-state index contributed by atoms with van der Waals surface area (Å²) in [5.41, 5.74) is 3.04. The van der Waals surface area contributed by atoms with Gasteiger partial charge in [0.1, 0.15) is 5.56 Å². The first kappa shape index (κ1) is 24.5. The Balaban J connectivity index is 1.22. The number of hydrogen-bond acceptors (Lipinski definition) is 5. The maximum absolute atomic E-state index is 13.5. The summed E-state index contributed by atoms with van der Waals surface area (Å²) in [5, 5.41) is 5.47. The van der Waals surface area contributed by atoms with Gasteiger partial charge >= 0.3 is 0 Å². The van der Waals surface area contributed by atoms with Gasteiger partial charge in [-0.05, 0) is 35.4 Å². The van der Waals surface area contributed by atoms with Crippen molar-refractivity contribution in [2.75, 3.05) is 11.9 Å². The highest BCUT2D eigenvalue weighted by molar-refractivity contribution is 6.34. The van der Waals surface area contributed by atoms with Crippen molar-refractivity contribution < 1.29 is 18.4 Å². The Labute approximate surface area is 214 Å². The number of aromatic amines is 1. The van der Waals surface area contributed by atoms with E-state index in [1.54, 1.807) is 24.4 Å². The zero-order valence-electron chi connectivity index (χ0n) is 19.7. The first-order valence-electron chi connectivity index (χ1n) is 11.5. The van der Waals surface area contributed by atoms with Crippen molar-refractivity contribution in [3.63, 3.8) is 0 Å². The van der Waals surface area contributed by atoms with E-state index in [1.165, 1.54) is 18.7 Å². The highest BCUT2D eigenvalue weighted by atomic mass is 19.2. The van der Waals surface area contributed by atoms with E-state index in [-0.39, 0.29) is 24.6 Å². The van der Waals surface area contributed by atoms with Crippen molar-refractivity contribution in [2.24, 2.45) is 0 Å². The molecule has 0 saturated carbocycles. The number of benzene rings is 2. The SMILES string of the molecule is O=C1Nc2cc(/C=C/CNC(=O)c3cncn(Cc4ccc(F)c(F)c4)c3=O)ccc2/C1=C\c1cnc[nH]1. The fourth-order valence-corrected chi connectivity index (χ4v) is 3.96. The normalized spacial score (nSPS) is 13.6. The lowest BCUT2D eigenvalue weighted by Gasteiger charge is -2.08. The van der Waals surface area contributed by atoms with Gasteiger partial charge in [0.05, 0.1) is 36.7 Å². The average Bonchev–Trinajstić information content (AvgIpc) is 3.53. The Morgan fingerprint density at radius 3 is 2.71 bits per heavy atom. The minimum absolute atomic E-state index is 0.0717. The maximum Gasteiger partial charge on any atom is 0.266 e. The smallest absolute Gasteiger partial charge is 0.266 e. The molecule has 5 rings (SSSR count). The van der Waals surface area contributed by atoms with Gasteiger partial charge in [-0.25, -0.2) is 18.7 Å². The molecule has 1 aliphatic heterocycles. The fourth-order valence-electron chi connectivity index (χ4n) is 3.96. The van der Waals surface area contributed by atoms with Crippen LogP contribution in [0.5, 0.6) is 0 Å². The number of imidazole rings is 1. The highest BCUT2D eigenvalue weighted by Crippen LogP contribution is 2.33. The average molecular weight is 514 g/mol. The molecule has 0 spiro atoms. The van der Waals surface area contributed by atoms with Crippen molar-refractivity contribution in [3.05, 3.63) is 117 Å². The molecule has 3 heterocycles. The van der Waals surface area contributed by atoms with Gasteiger partial charge in [0.2, 0.25) is 0 Å². The summed E-state index contributed by atoms with van der Waals surface area (Å²) >= 11 is 0. The number of amides is 2. The summed E-state index contributed by atoms with van der Waals surface area (Å²) in [5.74, 6) is -2.85. The third kappa shape index (κ3) is 5.16. The molecule has 2 aromatic heterocycles. The molecule has 0 bridgehead atoms. The van der Waals surface area contributed by atoms with Crippen LogP contribution in [0.3, 0.4) is 0 Å². The molecule has 0 aliphatic carbocycles. The zero-order chi connectivity index (χ0) is 26.6. The molecule has 4 aromatic rings. The van der Waals surface area contributed by atoms with Gasteiger partial charge in [-0.3, -0.25) is 19.0 Å². The molecular formula is C27H20F2N6O3. The Morgan fingerprint density at radius 1 is 1.05 bits per heavy atom. The molecule has 2 amide bonds. The van der Waals surface area contributed by atoms with Gasteiger partial charge in [-0.1, -0.05) is 30.4 Å². The molecule has 0 atom stereocenters. The molecule has 9 nitrogen and oxygen atoms in total. The molecule has 190 valence electrons. The van der Waals surface area contributed by atoms with E-state index in [1.807, 2.05) is 18.2 Å². The number of carbonyl (C=O) groups excluding carboxylic acids is 2. The number of anilines is 1. The number of aromatic nitrogens is 4. The van der Waals surface area contributed by atoms with Crippen LogP contribution in [0.15, 0.2) is 72.3 Å². The van der Waals surface area contributed by atoms with E-state index in [4.69, 9.17) is 0 Å². The minimum Gasteiger partial charge on any atom is -0.348 e. The second kappa shape index (κ2) is 10.4. The van der Waals surface area contributed by atoms with Gasteiger partial charge in [0, 0.05) is 24.0 Å². The summed E-state index contributed by atoms with van der Waals surface area (Å²) in [6.07, 6.45) is 10.7. The van der Waals surface area contributed by atoms with Crippen molar-refractivity contribution in [1.29, 1.82) is 0 Å². The number of carbonyl (C=O) groups is 2. The van der Waals surface area contributed by atoms with Crippen molar-refractivity contribution in [3.8, 4) is 0 Å². The van der Waals surface area contributed by atoms with Crippen LogP contribution in [0.2, 0.25) is 0 Å². The lowest BCUT2D eigenvalue weighted by Crippen LogP contribution is -2.33. The second-order valence-electron chi connectivity index (χ2n) is 8.43. The summed E-state index contributed by atoms with van der Waals surface area (Å²) < 4.78 is 27.8. The summed E-state index contributed by atoms with van der Waals surface area (Å²) in [4.78, 5) is 48.5. The van der Waals surface area contributed by atoms with Crippen molar-refractivity contribution in [2.45, 2.75) is 6.54 Å². The monoisotopic (exact) mass is 514 g/mol. The lowest BCUT2D eigenvalue weighted by molar-refractivity contribution is -0.110. The number of nitrogens with one attached hydrogen (secondary N) is 3. The van der Waals surface area contributed by atoms with E-state index in [2.05, 4.69) is 25.6 Å². The van der Waals surface area contributed by atoms with Crippen LogP contribution in [-0.4, -0.2) is 37.9 Å². The van der Waals surface area contributed by atoms with Crippen LogP contribution < -0.4 is 16.2 Å². The maximum atomic E-state index is 13.5. The molecule has 1 aliphatic rings. The van der Waals surface area contributed by atoms with E-state index in [0.717, 1.165) is 34.0 Å². The minimum atomic E-state index is -1.03. The van der Waals surface area contributed by atoms with E-state index in [9.17, 15) is 23.2 Å². The number of rotatable bonds is 7. The predicted molar refractivity (Wildman–Crippen MR) is 137 cm³/mol. The number of fused-ring (bicyclic) bond motifs is 1. The lowest BCUT2D eigenvalue weighted by atomic mass is 10.0. The number of hydrogen-bond donors (Lipinski definition) is 3. The van der Waals surface area contributed by atoms with E-state index in [0.29, 0.717) is 22.5 Å². The molecule has 2 aromatic carbocycles. The fraction of sp³-hybridized carbons (Fsp3) is 0.0741. The Morgan fingerprint density at radius 2 is 1.92 bits per heavy atom. The first-order chi connectivity index (χ1) is 18.4. The summed E-state index contributed by atoms with van der Waals surface area (Å²) in [6, 6.07) is 8.80. The largest absolute Gasteiger partial charge is 0.348 e. The van der Waals surface area contributed by atoms with Crippen LogP contribution >= 0.6 is 0 Å². The van der Waals surface area contributed by atoms with Crippen LogP contribution in [0.25, 0.3) is 17.7 Å². The number of H-pyrrole nitrogens is 1. The van der Waals surface area contributed by atoms with Crippen LogP contribution in [0, 0.1) is 11.6 Å². The molecule has 3 N–H and O–H groups in total. The third-order valence-corrected chi connectivity index (χ3v) is 5.82. The second-order valence-corrected chi connectivity index (χ2v) is 8.43. The van der Waals surface area contributed by atoms with Crippen LogP contribution in [0.1, 0.15) is 32.7 Å². The number of nitrogens with zero attached hydrogens (tertiary/aromatic N) is 3. The van der Waals surface area contributed by atoms with Gasteiger partial charge in [-0.15, -0.1) is 0 Å². The quantitative estimate of drug-likeness (QED) is 0.327. The molecule has 38 heavy (non-hydrogen) atoms. The summed E-state index contributed by atoms with van der Waals surface area (Å²) in [6.45, 7) is 0.0580. The highest BCUT2D eigenvalue weighted by Gasteiger charge is 2.24. The third-order valence-electron chi connectivity index (χ3n) is 5.82. The van der Waals surface area contributed by atoms with Crippen LogP contribution in [-0.2, 0) is 11.3 Å². The van der Waals surface area contributed by atoms with E-state index >= 15 is 0 Å². The van der Waals surface area contributed by atoms with E-state index < -0.39 is 23.1 Å². The van der Waals surface area contributed by atoms with Crippen LogP contribution in [0.4, 0.5) is 14.5 Å². The Kier molecular flexibility index (Phi) is 6.72. The molecule has 0 fully saturated rings. The first-order valence-corrected chi connectivity index (χ1v) is 11.5. The molecule has 11 heteroatoms. The van der Waals surface area contributed by atoms with Crippen molar-refractivity contribution in [1.82, 2.24) is 24.8 Å². The van der Waals surface area contributed by atoms with Gasteiger partial charge in [-0.2, -0.15) is 0 Å². The number of halogens is 2. The van der Waals surface area contributed by atoms with Gasteiger partial charge in [0.15, 0.2) is 11.6 Å². The summed E-state index contributed by atoms with van der Waals surface area (Å²) in [7, 11) is 0. The Bertz CT molecular complexity index is 1660. The molecule has 0 saturated heterocycles. The molecule has 0 radical (unpaired) electrons. The Hall–Kier alpha value is -5.19. The topological polar surface area (TPSA) is 122 Å². The molecular weight excluding hydrogens is 494 g/mol. The van der Waals surface area contributed by atoms with Crippen molar-refractivity contribution >= 4 is 35.2 Å².